The number of nitrogens with one attached hydrogen (secondary N) is 3. The zero-order valence-corrected chi connectivity index (χ0v) is 19.9. The molecule has 1 aliphatic heterocycles. The van der Waals surface area contributed by atoms with Crippen LogP contribution in [0.25, 0.3) is 0 Å². The average molecular weight is 475 g/mol. The number of amides is 3. The summed E-state index contributed by atoms with van der Waals surface area (Å²) in [6.07, 6.45) is 2.88. The number of hydrogen-bond donors (Lipinski definition) is 3. The van der Waals surface area contributed by atoms with Gasteiger partial charge < -0.3 is 20.9 Å². The Labute approximate surface area is 205 Å². The molecule has 0 atom stereocenters. The Morgan fingerprint density at radius 1 is 0.914 bits per heavy atom. The quantitative estimate of drug-likeness (QED) is 0.413. The van der Waals surface area contributed by atoms with Crippen LogP contribution in [0.5, 0.6) is 0 Å². The highest BCUT2D eigenvalue weighted by molar-refractivity contribution is 6.04. The Balaban J connectivity index is 1.48. The SMILES string of the molecule is CC1CCN(c2ccc(NC(=O)Nc3cccc(F)c3)cc2C(=O)NCCc2ccccc2)CC1. The van der Waals surface area contributed by atoms with E-state index in [9.17, 15) is 14.0 Å². The monoisotopic (exact) mass is 474 g/mol. The number of anilines is 3. The summed E-state index contributed by atoms with van der Waals surface area (Å²) in [6.45, 7) is 4.53. The lowest BCUT2D eigenvalue weighted by Gasteiger charge is -2.33. The lowest BCUT2D eigenvalue weighted by molar-refractivity contribution is 0.0954. The van der Waals surface area contributed by atoms with Gasteiger partial charge in [0.15, 0.2) is 0 Å². The van der Waals surface area contributed by atoms with Crippen LogP contribution in [0.15, 0.2) is 72.8 Å². The van der Waals surface area contributed by atoms with Crippen molar-refractivity contribution in [2.75, 3.05) is 35.2 Å². The summed E-state index contributed by atoms with van der Waals surface area (Å²) in [6, 6.07) is 20.6. The molecule has 0 bridgehead atoms. The molecule has 182 valence electrons. The lowest BCUT2D eigenvalue weighted by Crippen LogP contribution is -2.35. The molecule has 1 fully saturated rings. The maximum Gasteiger partial charge on any atom is 0.323 e. The standard InChI is InChI=1S/C28H31FN4O2/c1-20-13-16-33(17-14-20)26-11-10-24(32-28(35)31-23-9-5-8-22(29)18-23)19-25(26)27(34)30-15-12-21-6-3-2-4-7-21/h2-11,18-20H,12-17H2,1H3,(H,30,34)(H2,31,32,35). The Morgan fingerprint density at radius 2 is 1.63 bits per heavy atom. The number of carbonyl (C=O) groups excluding carboxylic acids is 2. The minimum Gasteiger partial charge on any atom is -0.371 e. The van der Waals surface area contributed by atoms with E-state index in [2.05, 4.69) is 27.8 Å². The number of carbonyl (C=O) groups is 2. The molecule has 0 unspecified atom stereocenters. The van der Waals surface area contributed by atoms with E-state index in [1.54, 1.807) is 18.2 Å². The first-order valence-corrected chi connectivity index (χ1v) is 12.0. The maximum absolute atomic E-state index is 13.4. The zero-order chi connectivity index (χ0) is 24.6. The van der Waals surface area contributed by atoms with Crippen LogP contribution in [0.3, 0.4) is 0 Å². The summed E-state index contributed by atoms with van der Waals surface area (Å²) in [4.78, 5) is 27.9. The Bertz CT molecular complexity index is 1160. The third kappa shape index (κ3) is 6.82. The van der Waals surface area contributed by atoms with Crippen LogP contribution >= 0.6 is 0 Å². The van der Waals surface area contributed by atoms with Crippen molar-refractivity contribution in [1.29, 1.82) is 0 Å². The van der Waals surface area contributed by atoms with Gasteiger partial charge in [0.1, 0.15) is 5.82 Å². The van der Waals surface area contributed by atoms with E-state index < -0.39 is 11.8 Å². The molecule has 0 spiro atoms. The maximum atomic E-state index is 13.4. The van der Waals surface area contributed by atoms with Gasteiger partial charge in [-0.2, -0.15) is 0 Å². The second-order valence-electron chi connectivity index (χ2n) is 8.98. The Hall–Kier alpha value is -3.87. The van der Waals surface area contributed by atoms with Gasteiger partial charge in [-0.05, 0) is 67.1 Å². The first kappa shape index (κ1) is 24.3. The van der Waals surface area contributed by atoms with Gasteiger partial charge in [0.2, 0.25) is 0 Å². The first-order valence-electron chi connectivity index (χ1n) is 12.0. The highest BCUT2D eigenvalue weighted by Gasteiger charge is 2.22. The Morgan fingerprint density at radius 3 is 2.34 bits per heavy atom. The van der Waals surface area contributed by atoms with Crippen LogP contribution < -0.4 is 20.9 Å². The normalized spacial score (nSPS) is 13.8. The van der Waals surface area contributed by atoms with Crippen LogP contribution in [0.2, 0.25) is 0 Å². The van der Waals surface area contributed by atoms with E-state index in [4.69, 9.17) is 0 Å². The van der Waals surface area contributed by atoms with Crippen molar-refractivity contribution >= 4 is 29.0 Å². The van der Waals surface area contributed by atoms with Crippen molar-refractivity contribution in [1.82, 2.24) is 5.32 Å². The van der Waals surface area contributed by atoms with Crippen molar-refractivity contribution in [2.24, 2.45) is 5.92 Å². The van der Waals surface area contributed by atoms with Crippen LogP contribution in [0.4, 0.5) is 26.2 Å². The number of rotatable bonds is 7. The van der Waals surface area contributed by atoms with Gasteiger partial charge in [-0.3, -0.25) is 4.79 Å². The van der Waals surface area contributed by atoms with Crippen LogP contribution in [0.1, 0.15) is 35.7 Å². The second kappa shape index (κ2) is 11.5. The van der Waals surface area contributed by atoms with E-state index in [0.29, 0.717) is 29.4 Å². The molecule has 1 aliphatic rings. The van der Waals surface area contributed by atoms with E-state index in [0.717, 1.165) is 43.6 Å². The average Bonchev–Trinajstić information content (AvgIpc) is 2.85. The molecule has 0 aromatic heterocycles. The van der Waals surface area contributed by atoms with Crippen LogP contribution in [-0.4, -0.2) is 31.6 Å². The molecule has 7 heteroatoms. The number of halogens is 1. The van der Waals surface area contributed by atoms with Crippen molar-refractivity contribution in [3.63, 3.8) is 0 Å². The molecular weight excluding hydrogens is 443 g/mol. The molecule has 3 aromatic carbocycles. The molecule has 0 aliphatic carbocycles. The Kier molecular flexibility index (Phi) is 7.98. The number of piperidine rings is 1. The van der Waals surface area contributed by atoms with Gasteiger partial charge in [-0.25, -0.2) is 9.18 Å². The second-order valence-corrected chi connectivity index (χ2v) is 8.98. The van der Waals surface area contributed by atoms with E-state index in [1.165, 1.54) is 18.2 Å². The number of benzene rings is 3. The smallest absolute Gasteiger partial charge is 0.323 e. The van der Waals surface area contributed by atoms with Crippen molar-refractivity contribution in [2.45, 2.75) is 26.2 Å². The fourth-order valence-corrected chi connectivity index (χ4v) is 4.24. The van der Waals surface area contributed by atoms with Crippen LogP contribution in [-0.2, 0) is 6.42 Å². The number of urea groups is 1. The molecule has 1 heterocycles. The predicted molar refractivity (Wildman–Crippen MR) is 139 cm³/mol. The summed E-state index contributed by atoms with van der Waals surface area (Å²) in [5, 5.41) is 8.39. The van der Waals surface area contributed by atoms with Crippen molar-refractivity contribution < 1.29 is 14.0 Å². The molecule has 6 nitrogen and oxygen atoms in total. The van der Waals surface area contributed by atoms with Crippen molar-refractivity contribution in [3.8, 4) is 0 Å². The molecule has 0 saturated carbocycles. The highest BCUT2D eigenvalue weighted by atomic mass is 19.1. The van der Waals surface area contributed by atoms with Gasteiger partial charge in [-0.15, -0.1) is 0 Å². The predicted octanol–water partition coefficient (Wildman–Crippen LogP) is 5.68. The third-order valence-electron chi connectivity index (χ3n) is 6.25. The van der Waals surface area contributed by atoms with Gasteiger partial charge in [0.05, 0.1) is 5.56 Å². The van der Waals surface area contributed by atoms with Crippen LogP contribution in [0, 0.1) is 11.7 Å². The van der Waals surface area contributed by atoms with E-state index in [-0.39, 0.29) is 5.91 Å². The fourth-order valence-electron chi connectivity index (χ4n) is 4.24. The van der Waals surface area contributed by atoms with Gasteiger partial charge >= 0.3 is 6.03 Å². The molecule has 3 amide bonds. The summed E-state index contributed by atoms with van der Waals surface area (Å²) in [5.41, 5.74) is 3.38. The molecule has 3 aromatic rings. The summed E-state index contributed by atoms with van der Waals surface area (Å²) in [7, 11) is 0. The van der Waals surface area contributed by atoms with E-state index in [1.807, 2.05) is 36.4 Å². The topological polar surface area (TPSA) is 73.5 Å². The largest absolute Gasteiger partial charge is 0.371 e. The lowest BCUT2D eigenvalue weighted by atomic mass is 9.97. The first-order chi connectivity index (χ1) is 17.0. The minimum atomic E-state index is -0.509. The number of hydrogen-bond acceptors (Lipinski definition) is 3. The molecule has 1 saturated heterocycles. The van der Waals surface area contributed by atoms with E-state index >= 15 is 0 Å². The molecule has 4 rings (SSSR count). The van der Waals surface area contributed by atoms with Gasteiger partial charge in [0.25, 0.3) is 5.91 Å². The summed E-state index contributed by atoms with van der Waals surface area (Å²) in [5.74, 6) is 0.0584. The fraction of sp³-hybridized carbons (Fsp3) is 0.286. The van der Waals surface area contributed by atoms with Gasteiger partial charge in [0, 0.05) is 36.7 Å². The molecule has 0 radical (unpaired) electrons. The van der Waals surface area contributed by atoms with Gasteiger partial charge in [-0.1, -0.05) is 43.3 Å². The third-order valence-corrected chi connectivity index (χ3v) is 6.25. The number of nitrogens with zero attached hydrogens (tertiary/aromatic N) is 1. The summed E-state index contributed by atoms with van der Waals surface area (Å²) < 4.78 is 13.4. The summed E-state index contributed by atoms with van der Waals surface area (Å²) >= 11 is 0. The zero-order valence-electron chi connectivity index (χ0n) is 19.9. The molecule has 35 heavy (non-hydrogen) atoms. The molecular formula is C28H31FN4O2. The van der Waals surface area contributed by atoms with Crippen molar-refractivity contribution in [3.05, 3.63) is 89.7 Å². The minimum absolute atomic E-state index is 0.177. The molecule has 3 N–H and O–H groups in total. The highest BCUT2D eigenvalue weighted by Crippen LogP contribution is 2.29.